The Balaban J connectivity index is 1.14. The smallest absolute Gasteiger partial charge is 0.331 e. The van der Waals surface area contributed by atoms with Gasteiger partial charge in [-0.15, -0.1) is 0 Å². The molecule has 1 aliphatic carbocycles. The van der Waals surface area contributed by atoms with Crippen LogP contribution in [0.5, 0.6) is 5.75 Å². The summed E-state index contributed by atoms with van der Waals surface area (Å²) in [4.78, 5) is 39.4. The average molecular weight is 841 g/mol. The molecule has 18 nitrogen and oxygen atoms in total. The van der Waals surface area contributed by atoms with Gasteiger partial charge in [-0.1, -0.05) is 42.5 Å². The first-order chi connectivity index (χ1) is 28.9. The number of ether oxygens (including phenoxy) is 10. The van der Waals surface area contributed by atoms with Crippen LogP contribution in [0.15, 0.2) is 79.1 Å². The quantitative estimate of drug-likeness (QED) is 0.0746. The lowest BCUT2D eigenvalue weighted by molar-refractivity contribution is -0.347. The SMILES string of the molecule is COc1ccc(/C=C/C(=O)O[C@H]2[C@H](OC(=O)/C=C/c3ccccc3)[C@H](OC(C)=O)[C@@H](O[C@@H]3[C@H]4C=CO[C@H](O[C@H]5O[C@@H](CO)[C@H](O)[C@H](O)[C@@H]5O)[C@H]4[C@]4(CO)O[C@H]34)O[C@@H]2C)cc1. The molecule has 0 aromatic heterocycles. The van der Waals surface area contributed by atoms with Crippen molar-refractivity contribution in [1.29, 1.82) is 0 Å². The third-order valence-electron chi connectivity index (χ3n) is 11.2. The highest BCUT2D eigenvalue weighted by molar-refractivity contribution is 5.88. The maximum absolute atomic E-state index is 13.4. The zero-order chi connectivity index (χ0) is 42.7. The molecule has 0 radical (unpaired) electrons. The van der Waals surface area contributed by atoms with Crippen molar-refractivity contribution in [2.75, 3.05) is 20.3 Å². The van der Waals surface area contributed by atoms with Crippen LogP contribution in [0, 0.1) is 11.8 Å². The van der Waals surface area contributed by atoms with E-state index in [1.54, 1.807) is 61.5 Å². The Morgan fingerprint density at radius 2 is 1.42 bits per heavy atom. The van der Waals surface area contributed by atoms with Gasteiger partial charge in [-0.2, -0.15) is 0 Å². The number of aliphatic hydroxyl groups excluding tert-OH is 5. The Morgan fingerprint density at radius 1 is 0.750 bits per heavy atom. The second-order valence-corrected chi connectivity index (χ2v) is 15.0. The number of methoxy groups -OCH3 is 1. The number of carbonyl (C=O) groups excluding carboxylic acids is 3. The van der Waals surface area contributed by atoms with Gasteiger partial charge in [-0.05, 0) is 48.4 Å². The molecule has 2 aromatic carbocycles. The second kappa shape index (κ2) is 18.5. The Hall–Kier alpha value is -4.73. The molecule has 1 saturated carbocycles. The molecular formula is C42H48O18. The number of aliphatic hydroxyl groups is 5. The zero-order valence-electron chi connectivity index (χ0n) is 32.8. The highest BCUT2D eigenvalue weighted by atomic mass is 16.8. The molecule has 4 fully saturated rings. The van der Waals surface area contributed by atoms with Crippen LogP contribution in [0.25, 0.3) is 12.2 Å². The minimum atomic E-state index is -1.74. The molecule has 0 amide bonds. The van der Waals surface area contributed by atoms with Gasteiger partial charge in [0.2, 0.25) is 6.29 Å². The van der Waals surface area contributed by atoms with E-state index >= 15 is 0 Å². The number of hydrogen-bond donors (Lipinski definition) is 5. The van der Waals surface area contributed by atoms with E-state index in [1.807, 2.05) is 6.07 Å². The van der Waals surface area contributed by atoms with Crippen molar-refractivity contribution in [3.63, 3.8) is 0 Å². The molecule has 3 saturated heterocycles. The Labute approximate surface area is 344 Å². The summed E-state index contributed by atoms with van der Waals surface area (Å²) in [5.74, 6) is -3.32. The number of rotatable bonds is 14. The summed E-state index contributed by atoms with van der Waals surface area (Å²) in [5.41, 5.74) is 0.0589. The molecule has 60 heavy (non-hydrogen) atoms. The molecule has 0 bridgehead atoms. The molecule has 5 aliphatic rings. The fourth-order valence-electron chi connectivity index (χ4n) is 8.12. The first kappa shape index (κ1) is 43.4. The van der Waals surface area contributed by atoms with E-state index in [9.17, 15) is 39.9 Å². The fourth-order valence-corrected chi connectivity index (χ4v) is 8.12. The summed E-state index contributed by atoms with van der Waals surface area (Å²) in [6, 6.07) is 15.9. The molecule has 7 rings (SSSR count). The standard InChI is InChI=1S/C42H48O18/c1-21-34(56-28(46)16-12-24-9-13-25(51-3)14-10-24)36(57-29(47)15-11-23-7-5-4-6-8-23)37(54-22(2)45)41(53-21)58-35-26-17-18-52-39(30(26)42(20-44)38(35)60-42)59-40-33(50)32(49)31(48)27(19-43)55-40/h4-18,21,26-27,30-41,43-44,48-50H,19-20H2,1-3H3/b15-11+,16-12+/t21-,26+,27+,30+,31+,32+,33+,34-,35-,36+,37+,38-,39-,40-,41-,42+/m1/s1. The highest BCUT2D eigenvalue weighted by Crippen LogP contribution is 2.61. The second-order valence-electron chi connectivity index (χ2n) is 15.0. The molecule has 5 N–H and O–H groups in total. The van der Waals surface area contributed by atoms with Gasteiger partial charge in [0, 0.05) is 25.0 Å². The van der Waals surface area contributed by atoms with Gasteiger partial charge in [0.1, 0.15) is 41.9 Å². The van der Waals surface area contributed by atoms with Crippen molar-refractivity contribution in [2.24, 2.45) is 11.8 Å². The van der Waals surface area contributed by atoms with Crippen LogP contribution in [-0.2, 0) is 57.0 Å². The number of fused-ring (bicyclic) bond motifs is 3. The Bertz CT molecular complexity index is 1900. The van der Waals surface area contributed by atoms with Crippen LogP contribution in [0.2, 0.25) is 0 Å². The lowest BCUT2D eigenvalue weighted by atomic mass is 9.85. The van der Waals surface area contributed by atoms with Crippen LogP contribution in [0.4, 0.5) is 0 Å². The van der Waals surface area contributed by atoms with Gasteiger partial charge >= 0.3 is 17.9 Å². The van der Waals surface area contributed by atoms with Crippen molar-refractivity contribution >= 4 is 30.1 Å². The summed E-state index contributed by atoms with van der Waals surface area (Å²) >= 11 is 0. The third-order valence-corrected chi connectivity index (χ3v) is 11.2. The highest BCUT2D eigenvalue weighted by Gasteiger charge is 2.77. The Kier molecular flexibility index (Phi) is 13.4. The van der Waals surface area contributed by atoms with Crippen LogP contribution < -0.4 is 4.74 Å². The van der Waals surface area contributed by atoms with Crippen molar-refractivity contribution in [3.05, 3.63) is 90.2 Å². The van der Waals surface area contributed by atoms with E-state index in [0.29, 0.717) is 16.9 Å². The van der Waals surface area contributed by atoms with Crippen LogP contribution >= 0.6 is 0 Å². The van der Waals surface area contributed by atoms with Gasteiger partial charge in [0.25, 0.3) is 0 Å². The maximum atomic E-state index is 13.4. The number of benzene rings is 2. The van der Waals surface area contributed by atoms with Crippen molar-refractivity contribution in [3.8, 4) is 5.75 Å². The summed E-state index contributed by atoms with van der Waals surface area (Å²) in [6.07, 6.45) is -9.37. The van der Waals surface area contributed by atoms with E-state index in [1.165, 1.54) is 37.7 Å². The Morgan fingerprint density at radius 3 is 2.05 bits per heavy atom. The molecular weight excluding hydrogens is 792 g/mol. The molecule has 4 aliphatic heterocycles. The molecule has 0 spiro atoms. The minimum Gasteiger partial charge on any atom is -0.497 e. The fraction of sp³-hybridized carbons (Fsp3) is 0.500. The van der Waals surface area contributed by atoms with Gasteiger partial charge in [-0.25, -0.2) is 9.59 Å². The van der Waals surface area contributed by atoms with Gasteiger partial charge in [0.05, 0.1) is 44.7 Å². The summed E-state index contributed by atoms with van der Waals surface area (Å²) in [5, 5.41) is 51.7. The van der Waals surface area contributed by atoms with Crippen molar-refractivity contribution in [2.45, 2.75) is 99.4 Å². The summed E-state index contributed by atoms with van der Waals surface area (Å²) < 4.78 is 58.9. The summed E-state index contributed by atoms with van der Waals surface area (Å²) in [6.45, 7) is 1.48. The third kappa shape index (κ3) is 8.99. The van der Waals surface area contributed by atoms with E-state index in [-0.39, 0.29) is 0 Å². The number of carbonyl (C=O) groups is 3. The lowest BCUT2D eigenvalue weighted by Crippen LogP contribution is -2.62. The predicted molar refractivity (Wildman–Crippen MR) is 203 cm³/mol. The van der Waals surface area contributed by atoms with Crippen LogP contribution in [0.1, 0.15) is 25.0 Å². The number of epoxide rings is 1. The van der Waals surface area contributed by atoms with E-state index in [2.05, 4.69) is 0 Å². The first-order valence-electron chi connectivity index (χ1n) is 19.4. The monoisotopic (exact) mass is 840 g/mol. The summed E-state index contributed by atoms with van der Waals surface area (Å²) in [7, 11) is 1.53. The average Bonchev–Trinajstić information content (AvgIpc) is 3.92. The van der Waals surface area contributed by atoms with E-state index in [4.69, 9.17) is 47.4 Å². The largest absolute Gasteiger partial charge is 0.497 e. The lowest BCUT2D eigenvalue weighted by Gasteiger charge is -2.45. The van der Waals surface area contributed by atoms with Crippen LogP contribution in [0.3, 0.4) is 0 Å². The maximum Gasteiger partial charge on any atom is 0.331 e. The van der Waals surface area contributed by atoms with E-state index in [0.717, 1.165) is 6.92 Å². The predicted octanol–water partition coefficient (Wildman–Crippen LogP) is 0.370. The number of esters is 3. The molecule has 324 valence electrons. The van der Waals surface area contributed by atoms with Crippen molar-refractivity contribution in [1.82, 2.24) is 0 Å². The minimum absolute atomic E-state index is 0.532. The topological polar surface area (TPSA) is 248 Å². The van der Waals surface area contributed by atoms with Crippen LogP contribution in [-0.4, -0.2) is 149 Å². The molecule has 16 atom stereocenters. The van der Waals surface area contributed by atoms with E-state index < -0.39 is 128 Å². The zero-order valence-corrected chi connectivity index (χ0v) is 32.8. The van der Waals surface area contributed by atoms with Gasteiger partial charge in [0.15, 0.2) is 30.9 Å². The molecule has 4 heterocycles. The molecule has 18 heteroatoms. The normalized spacial score (nSPS) is 38.1. The van der Waals surface area contributed by atoms with Gasteiger partial charge in [-0.3, -0.25) is 4.79 Å². The van der Waals surface area contributed by atoms with Crippen molar-refractivity contribution < 1.29 is 87.3 Å². The number of hydrogen-bond acceptors (Lipinski definition) is 18. The molecule has 2 aromatic rings. The van der Waals surface area contributed by atoms with Gasteiger partial charge < -0.3 is 72.9 Å². The molecule has 0 unspecified atom stereocenters. The first-order valence-corrected chi connectivity index (χ1v) is 19.4.